The van der Waals surface area contributed by atoms with Crippen LogP contribution in [0.25, 0.3) is 10.6 Å². The SMILES string of the molecule is COc1ccc(-c2nc(COC(=O)c3cc4c(cc3[N+](=O)[O-])OCO4)cs2)cc1. The number of nitrogens with zero attached hydrogens (tertiary/aromatic N) is 2. The zero-order valence-corrected chi connectivity index (χ0v) is 15.9. The summed E-state index contributed by atoms with van der Waals surface area (Å²) in [6.45, 7) is -0.172. The third-order valence-corrected chi connectivity index (χ3v) is 5.09. The summed E-state index contributed by atoms with van der Waals surface area (Å²) in [5.74, 6) is 0.383. The Balaban J connectivity index is 1.48. The molecule has 0 fully saturated rings. The Bertz CT molecular complexity index is 1080. The standard InChI is InChI=1S/C19H14N2O7S/c1-25-13-4-2-11(3-5-13)18-20-12(9-29-18)8-26-19(22)14-6-16-17(28-10-27-16)7-15(14)21(23)24/h2-7,9H,8,10H2,1H3. The molecule has 1 aromatic heterocycles. The molecule has 0 saturated carbocycles. The van der Waals surface area contributed by atoms with E-state index in [4.69, 9.17) is 18.9 Å². The number of aromatic nitrogens is 1. The highest BCUT2D eigenvalue weighted by Crippen LogP contribution is 2.38. The van der Waals surface area contributed by atoms with Crippen LogP contribution in [-0.2, 0) is 11.3 Å². The van der Waals surface area contributed by atoms with E-state index in [1.807, 2.05) is 24.3 Å². The summed E-state index contributed by atoms with van der Waals surface area (Å²) in [5, 5.41) is 13.8. The van der Waals surface area contributed by atoms with Crippen LogP contribution >= 0.6 is 11.3 Å². The van der Waals surface area contributed by atoms with Crippen LogP contribution in [0, 0.1) is 10.1 Å². The fraction of sp³-hybridized carbons (Fsp3) is 0.158. The van der Waals surface area contributed by atoms with Gasteiger partial charge >= 0.3 is 5.97 Å². The molecule has 0 unspecified atom stereocenters. The third-order valence-electron chi connectivity index (χ3n) is 4.15. The molecule has 4 rings (SSSR count). The Hall–Kier alpha value is -3.66. The topological polar surface area (TPSA) is 110 Å². The van der Waals surface area contributed by atoms with Crippen molar-refractivity contribution >= 4 is 23.0 Å². The Labute approximate surface area is 168 Å². The molecular formula is C19H14N2O7S. The van der Waals surface area contributed by atoms with Gasteiger partial charge in [0.25, 0.3) is 5.69 Å². The molecule has 1 aliphatic rings. The van der Waals surface area contributed by atoms with E-state index in [1.165, 1.54) is 17.4 Å². The lowest BCUT2D eigenvalue weighted by Crippen LogP contribution is -2.08. The highest BCUT2D eigenvalue weighted by atomic mass is 32.1. The van der Waals surface area contributed by atoms with Gasteiger partial charge in [0.1, 0.15) is 22.9 Å². The molecule has 0 N–H and O–H groups in total. The van der Waals surface area contributed by atoms with Gasteiger partial charge < -0.3 is 18.9 Å². The minimum Gasteiger partial charge on any atom is -0.497 e. The van der Waals surface area contributed by atoms with Gasteiger partial charge in [0, 0.05) is 17.0 Å². The molecule has 0 saturated heterocycles. The highest BCUT2D eigenvalue weighted by Gasteiger charge is 2.28. The quantitative estimate of drug-likeness (QED) is 0.340. The first-order valence-corrected chi connectivity index (χ1v) is 9.27. The number of methoxy groups -OCH3 is 1. The van der Waals surface area contributed by atoms with E-state index in [0.29, 0.717) is 5.69 Å². The molecule has 0 bridgehead atoms. The number of ether oxygens (including phenoxy) is 4. The van der Waals surface area contributed by atoms with Crippen molar-refractivity contribution in [2.24, 2.45) is 0 Å². The van der Waals surface area contributed by atoms with Crippen molar-refractivity contribution in [3.8, 4) is 27.8 Å². The van der Waals surface area contributed by atoms with Gasteiger partial charge in [-0.25, -0.2) is 9.78 Å². The van der Waals surface area contributed by atoms with Crippen LogP contribution in [-0.4, -0.2) is 29.8 Å². The number of hydrogen-bond acceptors (Lipinski definition) is 9. The van der Waals surface area contributed by atoms with Crippen molar-refractivity contribution in [2.75, 3.05) is 13.9 Å². The second kappa shape index (κ2) is 7.76. The molecule has 0 amide bonds. The van der Waals surface area contributed by atoms with E-state index in [-0.39, 0.29) is 30.5 Å². The van der Waals surface area contributed by atoms with E-state index < -0.39 is 16.6 Å². The molecule has 0 aliphatic carbocycles. The van der Waals surface area contributed by atoms with Crippen molar-refractivity contribution in [1.82, 2.24) is 4.98 Å². The van der Waals surface area contributed by atoms with Gasteiger partial charge in [0.2, 0.25) is 6.79 Å². The molecule has 0 radical (unpaired) electrons. The minimum atomic E-state index is -0.839. The molecule has 9 nitrogen and oxygen atoms in total. The lowest BCUT2D eigenvalue weighted by Gasteiger charge is -2.05. The highest BCUT2D eigenvalue weighted by molar-refractivity contribution is 7.13. The van der Waals surface area contributed by atoms with Crippen LogP contribution < -0.4 is 14.2 Å². The number of nitro groups is 1. The zero-order chi connectivity index (χ0) is 20.4. The maximum absolute atomic E-state index is 12.4. The van der Waals surface area contributed by atoms with Gasteiger partial charge in [0.05, 0.1) is 23.8 Å². The summed E-state index contributed by atoms with van der Waals surface area (Å²) in [6.07, 6.45) is 0. The number of fused-ring (bicyclic) bond motifs is 1. The third kappa shape index (κ3) is 3.83. The number of rotatable bonds is 6. The molecule has 2 aromatic carbocycles. The molecule has 3 aromatic rings. The summed E-state index contributed by atoms with van der Waals surface area (Å²) in [5.41, 5.74) is 0.832. The summed E-state index contributed by atoms with van der Waals surface area (Å²) in [7, 11) is 1.59. The van der Waals surface area contributed by atoms with Crippen molar-refractivity contribution in [3.63, 3.8) is 0 Å². The van der Waals surface area contributed by atoms with Crippen LogP contribution in [0.5, 0.6) is 17.2 Å². The van der Waals surface area contributed by atoms with Crippen molar-refractivity contribution in [1.29, 1.82) is 0 Å². The Kier molecular flexibility index (Phi) is 5.00. The van der Waals surface area contributed by atoms with Gasteiger partial charge in [-0.2, -0.15) is 0 Å². The predicted octanol–water partition coefficient (Wildman–Crippen LogP) is 3.81. The van der Waals surface area contributed by atoms with E-state index in [0.717, 1.165) is 22.4 Å². The summed E-state index contributed by atoms with van der Waals surface area (Å²) in [4.78, 5) is 27.5. The van der Waals surface area contributed by atoms with Gasteiger partial charge in [0.15, 0.2) is 11.5 Å². The maximum Gasteiger partial charge on any atom is 0.345 e. The van der Waals surface area contributed by atoms with Crippen molar-refractivity contribution in [2.45, 2.75) is 6.61 Å². The van der Waals surface area contributed by atoms with Crippen LogP contribution in [0.1, 0.15) is 16.1 Å². The fourth-order valence-electron chi connectivity index (χ4n) is 2.70. The van der Waals surface area contributed by atoms with E-state index >= 15 is 0 Å². The zero-order valence-electron chi connectivity index (χ0n) is 15.1. The molecule has 0 atom stereocenters. The number of hydrogen-bond donors (Lipinski definition) is 0. The Morgan fingerprint density at radius 2 is 1.97 bits per heavy atom. The van der Waals surface area contributed by atoms with Crippen LogP contribution in [0.4, 0.5) is 5.69 Å². The first-order valence-electron chi connectivity index (χ1n) is 8.39. The molecule has 148 valence electrons. The molecular weight excluding hydrogens is 400 g/mol. The molecule has 29 heavy (non-hydrogen) atoms. The number of nitro benzene ring substituents is 1. The molecule has 0 spiro atoms. The second-order valence-corrected chi connectivity index (χ2v) is 6.79. The number of thiazole rings is 1. The van der Waals surface area contributed by atoms with Crippen LogP contribution in [0.2, 0.25) is 0 Å². The van der Waals surface area contributed by atoms with Gasteiger partial charge in [-0.15, -0.1) is 11.3 Å². The monoisotopic (exact) mass is 414 g/mol. The Morgan fingerprint density at radius 1 is 1.24 bits per heavy atom. The summed E-state index contributed by atoms with van der Waals surface area (Å²) < 4.78 is 20.7. The lowest BCUT2D eigenvalue weighted by atomic mass is 10.1. The van der Waals surface area contributed by atoms with Crippen molar-refractivity contribution < 1.29 is 28.7 Å². The van der Waals surface area contributed by atoms with Gasteiger partial charge in [-0.1, -0.05) is 0 Å². The average Bonchev–Trinajstić information content (AvgIpc) is 3.40. The van der Waals surface area contributed by atoms with Crippen LogP contribution in [0.15, 0.2) is 41.8 Å². The summed E-state index contributed by atoms with van der Waals surface area (Å²) >= 11 is 1.40. The van der Waals surface area contributed by atoms with Crippen LogP contribution in [0.3, 0.4) is 0 Å². The normalized spacial score (nSPS) is 11.9. The van der Waals surface area contributed by atoms with Gasteiger partial charge in [-0.05, 0) is 24.3 Å². The summed E-state index contributed by atoms with van der Waals surface area (Å²) in [6, 6.07) is 9.83. The van der Waals surface area contributed by atoms with Crippen molar-refractivity contribution in [3.05, 3.63) is 63.1 Å². The average molecular weight is 414 g/mol. The Morgan fingerprint density at radius 3 is 2.66 bits per heavy atom. The largest absolute Gasteiger partial charge is 0.497 e. The predicted molar refractivity (Wildman–Crippen MR) is 102 cm³/mol. The molecule has 2 heterocycles. The maximum atomic E-state index is 12.4. The second-order valence-electron chi connectivity index (χ2n) is 5.93. The first kappa shape index (κ1) is 18.7. The lowest BCUT2D eigenvalue weighted by molar-refractivity contribution is -0.385. The smallest absolute Gasteiger partial charge is 0.345 e. The number of benzene rings is 2. The van der Waals surface area contributed by atoms with E-state index in [9.17, 15) is 14.9 Å². The molecule has 1 aliphatic heterocycles. The molecule has 10 heteroatoms. The van der Waals surface area contributed by atoms with Gasteiger partial charge in [-0.3, -0.25) is 10.1 Å². The van der Waals surface area contributed by atoms with E-state index in [1.54, 1.807) is 12.5 Å². The first-order chi connectivity index (χ1) is 14.0. The van der Waals surface area contributed by atoms with E-state index in [2.05, 4.69) is 4.98 Å². The number of carbonyl (C=O) groups is 1. The number of esters is 1. The number of carbonyl (C=O) groups excluding carboxylic acids is 1. The fourth-order valence-corrected chi connectivity index (χ4v) is 3.51. The minimum absolute atomic E-state index is 0.0576.